The number of rotatable bonds is 11. The highest BCUT2D eigenvalue weighted by molar-refractivity contribution is 7.87. The molecule has 14 heteroatoms. The number of anilines is 1. The Morgan fingerprint density at radius 1 is 0.889 bits per heavy atom. The minimum atomic E-state index is -4.37. The van der Waals surface area contributed by atoms with Crippen LogP contribution in [0.3, 0.4) is 0 Å². The van der Waals surface area contributed by atoms with Gasteiger partial charge in [0.05, 0.1) is 18.1 Å². The topological polar surface area (TPSA) is 163 Å². The lowest BCUT2D eigenvalue weighted by atomic mass is 9.78. The van der Waals surface area contributed by atoms with Crippen LogP contribution < -0.4 is 9.08 Å². The second-order valence-electron chi connectivity index (χ2n) is 11.0. The first-order chi connectivity index (χ1) is 21.4. The number of aliphatic hydroxyl groups is 4. The molecule has 11 nitrogen and oxygen atoms in total. The Morgan fingerprint density at radius 2 is 1.49 bits per heavy atom. The number of amides is 1. The van der Waals surface area contributed by atoms with Crippen LogP contribution in [0.15, 0.2) is 72.8 Å². The Morgan fingerprint density at radius 3 is 2.09 bits per heavy atom. The molecule has 0 aliphatic carbocycles. The normalized spacial score (nSPS) is 27.6. The zero-order valence-corrected chi connectivity index (χ0v) is 24.8. The van der Waals surface area contributed by atoms with Crippen molar-refractivity contribution in [1.82, 2.24) is 0 Å². The van der Waals surface area contributed by atoms with Crippen LogP contribution in [0.1, 0.15) is 36.1 Å². The summed E-state index contributed by atoms with van der Waals surface area (Å²) >= 11 is 0. The Bertz CT molecular complexity index is 1570. The van der Waals surface area contributed by atoms with Gasteiger partial charge in [0.25, 0.3) is 0 Å². The second kappa shape index (κ2) is 13.5. The van der Waals surface area contributed by atoms with Crippen LogP contribution in [0.4, 0.5) is 14.5 Å². The number of aliphatic hydroxyl groups excluding tert-OH is 4. The second-order valence-corrected chi connectivity index (χ2v) is 12.6. The molecule has 242 valence electrons. The third-order valence-electron chi connectivity index (χ3n) is 8.04. The lowest BCUT2D eigenvalue weighted by Crippen LogP contribution is -2.59. The molecule has 5 rings (SSSR count). The monoisotopic (exact) mass is 649 g/mol. The van der Waals surface area contributed by atoms with Gasteiger partial charge in [-0.05, 0) is 72.5 Å². The van der Waals surface area contributed by atoms with Gasteiger partial charge in [0, 0.05) is 12.8 Å². The Balaban J connectivity index is 1.31. The highest BCUT2D eigenvalue weighted by Crippen LogP contribution is 2.46. The maximum atomic E-state index is 13.6. The molecule has 3 aromatic rings. The molecule has 45 heavy (non-hydrogen) atoms. The summed E-state index contributed by atoms with van der Waals surface area (Å²) in [5.74, 6) is -2.65. The third-order valence-corrected chi connectivity index (χ3v) is 9.22. The van der Waals surface area contributed by atoms with Crippen LogP contribution in [0, 0.1) is 17.6 Å². The van der Waals surface area contributed by atoms with Gasteiger partial charge in [-0.25, -0.2) is 8.78 Å². The van der Waals surface area contributed by atoms with Crippen LogP contribution >= 0.6 is 0 Å². The van der Waals surface area contributed by atoms with E-state index in [1.807, 2.05) is 0 Å². The summed E-state index contributed by atoms with van der Waals surface area (Å²) in [6, 6.07) is 16.2. The number of β-lactam (4-membered cyclic amide) rings is 1. The van der Waals surface area contributed by atoms with Gasteiger partial charge < -0.3 is 39.0 Å². The fourth-order valence-corrected chi connectivity index (χ4v) is 6.79. The van der Waals surface area contributed by atoms with Gasteiger partial charge in [-0.2, -0.15) is 8.42 Å². The van der Waals surface area contributed by atoms with Crippen LogP contribution in [0.25, 0.3) is 0 Å². The predicted octanol–water partition coefficient (Wildman–Crippen LogP) is 2.35. The highest BCUT2D eigenvalue weighted by Gasteiger charge is 2.49. The molecule has 4 N–H and O–H groups in total. The number of nitrogens with zero attached hydrogens (tertiary/aromatic N) is 1. The van der Waals surface area contributed by atoms with Crippen molar-refractivity contribution in [2.24, 2.45) is 5.92 Å². The van der Waals surface area contributed by atoms with Gasteiger partial charge in [-0.15, -0.1) is 0 Å². The summed E-state index contributed by atoms with van der Waals surface area (Å²) in [5, 5.41) is 40.8. The molecule has 2 heterocycles. The molecule has 2 aliphatic rings. The Hall–Kier alpha value is -3.50. The molecule has 0 unspecified atom stereocenters. The molecular formula is C31H33F2NO10S. The smallest absolute Gasteiger partial charge is 0.311 e. The van der Waals surface area contributed by atoms with E-state index in [0.717, 1.165) is 0 Å². The summed E-state index contributed by atoms with van der Waals surface area (Å²) in [5.41, 5.74) is 1.58. The van der Waals surface area contributed by atoms with Crippen molar-refractivity contribution in [2.45, 2.75) is 55.7 Å². The molecule has 1 amide bonds. The first kappa shape index (κ1) is 32.9. The molecule has 0 spiro atoms. The van der Waals surface area contributed by atoms with Gasteiger partial charge in [0.15, 0.2) is 6.29 Å². The zero-order chi connectivity index (χ0) is 32.5. The SMILES string of the molecule is CO[C@H]1O[C@H](CS(=O)(=O)Oc2ccc([C@@H]3[C@@H](CC[C@H](O)c4ccc(F)cc4)C(=O)N3c3ccc(F)cc3)cc2)[C@@H](O)[C@H](O)[C@H]1O. The van der Waals surface area contributed by atoms with E-state index < -0.39 is 76.3 Å². The fourth-order valence-electron chi connectivity index (χ4n) is 5.64. The number of halogens is 2. The molecule has 0 aromatic heterocycles. The van der Waals surface area contributed by atoms with E-state index >= 15 is 0 Å². The number of benzene rings is 3. The average molecular weight is 650 g/mol. The number of carbonyl (C=O) groups is 1. The fraction of sp³-hybridized carbons (Fsp3) is 0.387. The first-order valence-electron chi connectivity index (χ1n) is 14.1. The van der Waals surface area contributed by atoms with Crippen molar-refractivity contribution in [1.29, 1.82) is 0 Å². The van der Waals surface area contributed by atoms with E-state index in [4.69, 9.17) is 13.7 Å². The van der Waals surface area contributed by atoms with Gasteiger partial charge in [0.1, 0.15) is 47.6 Å². The largest absolute Gasteiger partial charge is 0.388 e. The Kier molecular flexibility index (Phi) is 9.84. The van der Waals surface area contributed by atoms with E-state index in [2.05, 4.69) is 0 Å². The summed E-state index contributed by atoms with van der Waals surface area (Å²) in [6.07, 6.45) is -8.27. The summed E-state index contributed by atoms with van der Waals surface area (Å²) in [7, 11) is -3.19. The van der Waals surface area contributed by atoms with E-state index in [1.54, 1.807) is 12.1 Å². The number of hydrogen-bond acceptors (Lipinski definition) is 10. The van der Waals surface area contributed by atoms with E-state index in [9.17, 15) is 42.4 Å². The molecular weight excluding hydrogens is 616 g/mol. The van der Waals surface area contributed by atoms with Crippen LogP contribution in [-0.4, -0.2) is 78.3 Å². The maximum Gasteiger partial charge on any atom is 0.311 e. The zero-order valence-electron chi connectivity index (χ0n) is 24.0. The van der Waals surface area contributed by atoms with Gasteiger partial charge in [-0.3, -0.25) is 4.79 Å². The van der Waals surface area contributed by atoms with E-state index in [0.29, 0.717) is 16.8 Å². The lowest BCUT2D eigenvalue weighted by Gasteiger charge is -2.48. The lowest BCUT2D eigenvalue weighted by molar-refractivity contribution is -0.285. The maximum absolute atomic E-state index is 13.6. The van der Waals surface area contributed by atoms with E-state index in [1.165, 1.54) is 72.7 Å². The molecule has 0 radical (unpaired) electrons. The highest BCUT2D eigenvalue weighted by atomic mass is 32.2. The number of methoxy groups -OCH3 is 1. The van der Waals surface area contributed by atoms with Crippen molar-refractivity contribution in [3.8, 4) is 5.75 Å². The summed E-state index contributed by atoms with van der Waals surface area (Å²) in [4.78, 5) is 14.8. The average Bonchev–Trinajstić information content (AvgIpc) is 3.01. The number of carbonyl (C=O) groups excluding carboxylic acids is 1. The minimum Gasteiger partial charge on any atom is -0.388 e. The van der Waals surface area contributed by atoms with Crippen molar-refractivity contribution in [3.63, 3.8) is 0 Å². The van der Waals surface area contributed by atoms with Crippen LogP contribution in [0.2, 0.25) is 0 Å². The van der Waals surface area contributed by atoms with E-state index in [-0.39, 0.29) is 24.5 Å². The van der Waals surface area contributed by atoms with Crippen LogP contribution in [0.5, 0.6) is 5.75 Å². The molecule has 2 saturated heterocycles. The van der Waals surface area contributed by atoms with Crippen molar-refractivity contribution in [3.05, 3.63) is 95.6 Å². The quantitative estimate of drug-likeness (QED) is 0.179. The molecule has 8 atom stereocenters. The number of hydrogen-bond donors (Lipinski definition) is 4. The van der Waals surface area contributed by atoms with Gasteiger partial charge in [-0.1, -0.05) is 24.3 Å². The standard InChI is InChI=1S/C31H33F2NO10S/c1-42-31-29(38)28(37)27(36)25(43-31)16-45(40,41)44-22-12-4-18(5-13-22)26-23(14-15-24(35)17-2-6-19(32)7-3-17)30(39)34(26)21-10-8-20(33)9-11-21/h2-13,23-29,31,35-38H,14-16H2,1H3/t23-,24+,25-,26-,27-,28+,29-,31+/m1/s1. The van der Waals surface area contributed by atoms with Gasteiger partial charge in [0.2, 0.25) is 5.91 Å². The molecule has 2 fully saturated rings. The summed E-state index contributed by atoms with van der Waals surface area (Å²) < 4.78 is 67.9. The Labute approximate surface area is 258 Å². The van der Waals surface area contributed by atoms with Crippen molar-refractivity contribution in [2.75, 3.05) is 17.8 Å². The molecule has 0 saturated carbocycles. The molecule has 0 bridgehead atoms. The minimum absolute atomic E-state index is 0.0739. The van der Waals surface area contributed by atoms with Crippen molar-refractivity contribution < 1.29 is 56.1 Å². The molecule has 2 aliphatic heterocycles. The third kappa shape index (κ3) is 7.17. The van der Waals surface area contributed by atoms with Crippen molar-refractivity contribution >= 4 is 21.7 Å². The summed E-state index contributed by atoms with van der Waals surface area (Å²) in [6.45, 7) is 0. The van der Waals surface area contributed by atoms with Crippen LogP contribution in [-0.2, 0) is 24.4 Å². The molecule has 3 aromatic carbocycles. The predicted molar refractivity (Wildman–Crippen MR) is 155 cm³/mol. The van der Waals surface area contributed by atoms with Gasteiger partial charge >= 0.3 is 10.1 Å². The first-order valence-corrected chi connectivity index (χ1v) is 15.7. The number of ether oxygens (including phenoxy) is 2.